The van der Waals surface area contributed by atoms with Crippen LogP contribution in [0.5, 0.6) is 0 Å². The van der Waals surface area contributed by atoms with E-state index in [9.17, 15) is 9.59 Å². The number of hydrogen-bond acceptors (Lipinski definition) is 5. The Morgan fingerprint density at radius 1 is 1.41 bits per heavy atom. The minimum Gasteiger partial charge on any atom is -0.466 e. The first-order chi connectivity index (χ1) is 7.93. The van der Waals surface area contributed by atoms with E-state index in [1.54, 1.807) is 6.92 Å². The van der Waals surface area contributed by atoms with Gasteiger partial charge >= 0.3 is 5.97 Å². The lowest BCUT2D eigenvalue weighted by atomic mass is 10.1. The van der Waals surface area contributed by atoms with Gasteiger partial charge < -0.3 is 9.47 Å². The van der Waals surface area contributed by atoms with E-state index in [0.29, 0.717) is 26.3 Å². The Labute approximate surface area is 102 Å². The Balaban J connectivity index is 2.33. The Hall–Kier alpha value is -0.940. The summed E-state index contributed by atoms with van der Waals surface area (Å²) in [7, 11) is 0. The summed E-state index contributed by atoms with van der Waals surface area (Å²) in [4.78, 5) is 24.8. The predicted molar refractivity (Wildman–Crippen MR) is 62.7 cm³/mol. The van der Waals surface area contributed by atoms with Gasteiger partial charge in [0.2, 0.25) is 0 Å². The van der Waals surface area contributed by atoms with Gasteiger partial charge in [0.15, 0.2) is 5.78 Å². The molecule has 0 unspecified atom stereocenters. The topological polar surface area (TPSA) is 55.8 Å². The summed E-state index contributed by atoms with van der Waals surface area (Å²) >= 11 is 0. The van der Waals surface area contributed by atoms with Crippen molar-refractivity contribution >= 4 is 11.8 Å². The maximum Gasteiger partial charge on any atom is 0.313 e. The first-order valence-electron chi connectivity index (χ1n) is 5.96. The third-order valence-corrected chi connectivity index (χ3v) is 2.55. The van der Waals surface area contributed by atoms with E-state index >= 15 is 0 Å². The highest BCUT2D eigenvalue weighted by Gasteiger charge is 2.28. The molecule has 0 aromatic rings. The van der Waals surface area contributed by atoms with Gasteiger partial charge in [-0.3, -0.25) is 14.5 Å². The summed E-state index contributed by atoms with van der Waals surface area (Å²) in [5.74, 6) is -0.536. The van der Waals surface area contributed by atoms with Crippen LogP contribution in [0.4, 0.5) is 0 Å². The summed E-state index contributed by atoms with van der Waals surface area (Å²) in [6.07, 6.45) is -0.133. The maximum absolute atomic E-state index is 11.6. The number of Topliss-reactive ketones (excluding diaryl/α,β-unsaturated/α-hetero) is 1. The average Bonchev–Trinajstić information content (AvgIpc) is 2.15. The molecule has 1 fully saturated rings. The summed E-state index contributed by atoms with van der Waals surface area (Å²) in [5.41, 5.74) is -0.220. The van der Waals surface area contributed by atoms with E-state index in [0.717, 1.165) is 6.54 Å². The molecule has 0 N–H and O–H groups in total. The minimum atomic E-state index is -0.440. The summed E-state index contributed by atoms with van der Waals surface area (Å²) in [5, 5.41) is 0. The van der Waals surface area contributed by atoms with Crippen molar-refractivity contribution in [3.05, 3.63) is 0 Å². The normalized spacial score (nSPS) is 19.9. The fourth-order valence-electron chi connectivity index (χ4n) is 1.93. The first-order valence-corrected chi connectivity index (χ1v) is 5.96. The van der Waals surface area contributed by atoms with E-state index in [-0.39, 0.29) is 17.8 Å². The van der Waals surface area contributed by atoms with Crippen molar-refractivity contribution in [1.82, 2.24) is 4.90 Å². The molecule has 1 aliphatic heterocycles. The first kappa shape index (κ1) is 14.1. The van der Waals surface area contributed by atoms with Gasteiger partial charge in [-0.05, 0) is 20.8 Å². The van der Waals surface area contributed by atoms with Crippen LogP contribution in [-0.2, 0) is 19.1 Å². The quantitative estimate of drug-likeness (QED) is 0.523. The molecule has 0 bridgehead atoms. The molecule has 5 heteroatoms. The Morgan fingerprint density at radius 3 is 2.71 bits per heavy atom. The van der Waals surface area contributed by atoms with Crippen molar-refractivity contribution in [2.75, 3.05) is 32.8 Å². The molecule has 1 rings (SSSR count). The zero-order chi connectivity index (χ0) is 12.9. The summed E-state index contributed by atoms with van der Waals surface area (Å²) in [6, 6.07) is 0. The fourth-order valence-corrected chi connectivity index (χ4v) is 1.93. The molecule has 0 aromatic carbocycles. The van der Waals surface area contributed by atoms with Crippen LogP contribution in [0.15, 0.2) is 0 Å². The third-order valence-electron chi connectivity index (χ3n) is 2.55. The average molecular weight is 243 g/mol. The largest absolute Gasteiger partial charge is 0.466 e. The number of morpholine rings is 1. The Morgan fingerprint density at radius 2 is 2.12 bits per heavy atom. The van der Waals surface area contributed by atoms with Gasteiger partial charge in [0, 0.05) is 13.1 Å². The monoisotopic (exact) mass is 243 g/mol. The SMILES string of the molecule is CCOC(=O)CC(=O)CN1CCOC(C)(C)C1. The van der Waals surface area contributed by atoms with Gasteiger partial charge in [0.05, 0.1) is 25.4 Å². The molecular formula is C12H21NO4. The van der Waals surface area contributed by atoms with E-state index in [1.165, 1.54) is 0 Å². The van der Waals surface area contributed by atoms with Crippen LogP contribution in [0.3, 0.4) is 0 Å². The van der Waals surface area contributed by atoms with Crippen LogP contribution in [0.25, 0.3) is 0 Å². The summed E-state index contributed by atoms with van der Waals surface area (Å²) < 4.78 is 10.3. The van der Waals surface area contributed by atoms with Crippen molar-refractivity contribution < 1.29 is 19.1 Å². The smallest absolute Gasteiger partial charge is 0.313 e. The molecule has 1 saturated heterocycles. The minimum absolute atomic E-state index is 0.0962. The molecule has 0 atom stereocenters. The fraction of sp³-hybridized carbons (Fsp3) is 0.833. The molecule has 0 aromatic heterocycles. The highest BCUT2D eigenvalue weighted by atomic mass is 16.5. The van der Waals surface area contributed by atoms with Gasteiger partial charge in [0.25, 0.3) is 0 Å². The second kappa shape index (κ2) is 6.12. The molecule has 0 radical (unpaired) electrons. The van der Waals surface area contributed by atoms with Gasteiger partial charge in [-0.15, -0.1) is 0 Å². The molecule has 5 nitrogen and oxygen atoms in total. The maximum atomic E-state index is 11.6. The molecule has 0 saturated carbocycles. The third kappa shape index (κ3) is 5.28. The van der Waals surface area contributed by atoms with Gasteiger partial charge in [-0.25, -0.2) is 0 Å². The second-order valence-electron chi connectivity index (χ2n) is 4.84. The van der Waals surface area contributed by atoms with Gasteiger partial charge in [-0.2, -0.15) is 0 Å². The van der Waals surface area contributed by atoms with Crippen LogP contribution in [0.1, 0.15) is 27.2 Å². The Bertz CT molecular complexity index is 288. The van der Waals surface area contributed by atoms with E-state index in [4.69, 9.17) is 9.47 Å². The van der Waals surface area contributed by atoms with E-state index < -0.39 is 5.97 Å². The number of rotatable bonds is 5. The molecule has 98 valence electrons. The number of ketones is 1. The van der Waals surface area contributed by atoms with Crippen molar-refractivity contribution in [1.29, 1.82) is 0 Å². The lowest BCUT2D eigenvalue weighted by molar-refractivity contribution is -0.146. The number of carbonyl (C=O) groups excluding carboxylic acids is 2. The van der Waals surface area contributed by atoms with Crippen molar-refractivity contribution in [3.63, 3.8) is 0 Å². The number of hydrogen-bond donors (Lipinski definition) is 0. The highest BCUT2D eigenvalue weighted by Crippen LogP contribution is 2.16. The van der Waals surface area contributed by atoms with Gasteiger partial charge in [0.1, 0.15) is 6.42 Å². The molecule has 0 amide bonds. The van der Waals surface area contributed by atoms with Crippen LogP contribution >= 0.6 is 0 Å². The number of nitrogens with zero attached hydrogens (tertiary/aromatic N) is 1. The lowest BCUT2D eigenvalue weighted by Gasteiger charge is -2.37. The Kier molecular flexibility index (Phi) is 5.08. The molecule has 1 heterocycles. The second-order valence-corrected chi connectivity index (χ2v) is 4.84. The molecule has 1 aliphatic rings. The molecule has 0 aliphatic carbocycles. The van der Waals surface area contributed by atoms with Crippen LogP contribution in [0.2, 0.25) is 0 Å². The van der Waals surface area contributed by atoms with Crippen molar-refractivity contribution in [2.24, 2.45) is 0 Å². The number of ether oxygens (including phenoxy) is 2. The standard InChI is InChI=1S/C12H21NO4/c1-4-16-11(15)7-10(14)8-13-5-6-17-12(2,3)9-13/h4-9H2,1-3H3. The molecule has 0 spiro atoms. The zero-order valence-corrected chi connectivity index (χ0v) is 10.8. The van der Waals surface area contributed by atoms with Crippen LogP contribution in [0, 0.1) is 0 Å². The number of esters is 1. The van der Waals surface area contributed by atoms with E-state index in [1.807, 2.05) is 18.7 Å². The predicted octanol–water partition coefficient (Wildman–Crippen LogP) is 0.619. The molecular weight excluding hydrogens is 222 g/mol. The van der Waals surface area contributed by atoms with Crippen LogP contribution < -0.4 is 0 Å². The lowest BCUT2D eigenvalue weighted by Crippen LogP contribution is -2.49. The van der Waals surface area contributed by atoms with E-state index in [2.05, 4.69) is 0 Å². The highest BCUT2D eigenvalue weighted by molar-refractivity contribution is 5.96. The van der Waals surface area contributed by atoms with Crippen LogP contribution in [-0.4, -0.2) is 55.1 Å². The zero-order valence-electron chi connectivity index (χ0n) is 10.8. The van der Waals surface area contributed by atoms with Gasteiger partial charge in [-0.1, -0.05) is 0 Å². The number of carbonyl (C=O) groups is 2. The van der Waals surface area contributed by atoms with Crippen molar-refractivity contribution in [3.8, 4) is 0 Å². The van der Waals surface area contributed by atoms with Crippen molar-refractivity contribution in [2.45, 2.75) is 32.8 Å². The molecule has 17 heavy (non-hydrogen) atoms. The summed E-state index contributed by atoms with van der Waals surface area (Å²) in [6.45, 7) is 8.40.